The number of nitrogens with one attached hydrogen (secondary N) is 1. The largest absolute Gasteiger partial charge is 0.333 e. The highest BCUT2D eigenvalue weighted by molar-refractivity contribution is 7.13. The van der Waals surface area contributed by atoms with E-state index >= 15 is 0 Å². The minimum Gasteiger partial charge on any atom is -0.333 e. The summed E-state index contributed by atoms with van der Waals surface area (Å²) in [5.74, 6) is -0.0609. The van der Waals surface area contributed by atoms with Crippen LogP contribution in [0.15, 0.2) is 5.38 Å². The molecular formula is C20H35N3O2S. The molecule has 0 atom stereocenters. The third-order valence-corrected chi connectivity index (χ3v) is 5.20. The average Bonchev–Trinajstić information content (AvgIpc) is 3.01. The molecule has 0 spiro atoms. The van der Waals surface area contributed by atoms with Crippen LogP contribution in [0, 0.1) is 6.92 Å². The second kappa shape index (κ2) is 13.7. The topological polar surface area (TPSA) is 62.3 Å². The minimum absolute atomic E-state index is 0.0991. The standard InChI is InChI=1S/C20H35N3O2S/c1-4-6-8-9-10-11-13-19(25)23(14-12-7-5-2)15-18(24)22-20-21-17(3)16-26-20/h16H,4-15H2,1-3H3,(H,21,22,24). The van der Waals surface area contributed by atoms with E-state index in [9.17, 15) is 9.59 Å². The van der Waals surface area contributed by atoms with E-state index in [1.54, 1.807) is 4.90 Å². The second-order valence-corrected chi connectivity index (χ2v) is 7.74. The van der Waals surface area contributed by atoms with E-state index in [0.29, 0.717) is 18.1 Å². The molecule has 1 aromatic heterocycles. The number of hydrogen-bond acceptors (Lipinski definition) is 4. The number of aryl methyl sites for hydroxylation is 1. The van der Waals surface area contributed by atoms with Crippen molar-refractivity contribution in [2.45, 2.75) is 85.0 Å². The number of nitrogens with zero attached hydrogens (tertiary/aromatic N) is 2. The molecule has 148 valence electrons. The van der Waals surface area contributed by atoms with E-state index in [4.69, 9.17) is 0 Å². The first-order chi connectivity index (χ1) is 12.6. The van der Waals surface area contributed by atoms with Crippen LogP contribution in [0.1, 0.15) is 83.7 Å². The molecule has 5 nitrogen and oxygen atoms in total. The smallest absolute Gasteiger partial charge is 0.245 e. The van der Waals surface area contributed by atoms with E-state index in [0.717, 1.165) is 37.8 Å². The molecular weight excluding hydrogens is 346 g/mol. The molecule has 0 aliphatic heterocycles. The third kappa shape index (κ3) is 9.90. The molecule has 2 amide bonds. The van der Waals surface area contributed by atoms with Gasteiger partial charge in [0.2, 0.25) is 11.8 Å². The lowest BCUT2D eigenvalue weighted by Gasteiger charge is -2.22. The minimum atomic E-state index is -0.160. The molecule has 0 aromatic carbocycles. The Kier molecular flexibility index (Phi) is 11.9. The molecule has 1 rings (SSSR count). The van der Waals surface area contributed by atoms with Gasteiger partial charge in [-0.2, -0.15) is 0 Å². The maximum absolute atomic E-state index is 12.6. The summed E-state index contributed by atoms with van der Waals surface area (Å²) < 4.78 is 0. The van der Waals surface area contributed by atoms with E-state index in [-0.39, 0.29) is 18.4 Å². The van der Waals surface area contributed by atoms with Crippen molar-refractivity contribution in [3.05, 3.63) is 11.1 Å². The number of rotatable bonds is 14. The third-order valence-electron chi connectivity index (χ3n) is 4.33. The fourth-order valence-corrected chi connectivity index (χ4v) is 3.51. The number of anilines is 1. The van der Waals surface area contributed by atoms with Crippen molar-refractivity contribution in [3.63, 3.8) is 0 Å². The highest BCUT2D eigenvalue weighted by atomic mass is 32.1. The Balaban J connectivity index is 2.43. The predicted molar refractivity (Wildman–Crippen MR) is 110 cm³/mol. The molecule has 1 N–H and O–H groups in total. The van der Waals surface area contributed by atoms with Gasteiger partial charge in [-0.15, -0.1) is 11.3 Å². The SMILES string of the molecule is CCCCCCCCC(=O)N(CCCCC)CC(=O)Nc1nc(C)cs1. The zero-order chi connectivity index (χ0) is 19.2. The fraction of sp³-hybridized carbons (Fsp3) is 0.750. The van der Waals surface area contributed by atoms with Gasteiger partial charge in [-0.25, -0.2) is 4.98 Å². The van der Waals surface area contributed by atoms with Crippen LogP contribution in [0.2, 0.25) is 0 Å². The Morgan fingerprint density at radius 2 is 1.69 bits per heavy atom. The Morgan fingerprint density at radius 3 is 2.35 bits per heavy atom. The van der Waals surface area contributed by atoms with Gasteiger partial charge in [0.1, 0.15) is 0 Å². The molecule has 6 heteroatoms. The van der Waals surface area contributed by atoms with Crippen molar-refractivity contribution >= 4 is 28.3 Å². The van der Waals surface area contributed by atoms with Crippen molar-refractivity contribution < 1.29 is 9.59 Å². The Labute approximate surface area is 162 Å². The Bertz CT molecular complexity index is 531. The maximum atomic E-state index is 12.6. The van der Waals surface area contributed by atoms with Gasteiger partial charge in [0.15, 0.2) is 5.13 Å². The molecule has 0 radical (unpaired) electrons. The van der Waals surface area contributed by atoms with E-state index in [1.807, 2.05) is 12.3 Å². The van der Waals surface area contributed by atoms with Crippen molar-refractivity contribution in [1.82, 2.24) is 9.88 Å². The Hall–Kier alpha value is -1.43. The molecule has 0 unspecified atom stereocenters. The summed E-state index contributed by atoms with van der Waals surface area (Å²) in [6.45, 7) is 7.02. The number of aromatic nitrogens is 1. The normalized spacial score (nSPS) is 10.7. The zero-order valence-electron chi connectivity index (χ0n) is 16.7. The molecule has 0 bridgehead atoms. The van der Waals surface area contributed by atoms with E-state index < -0.39 is 0 Å². The van der Waals surface area contributed by atoms with Crippen LogP contribution in [-0.2, 0) is 9.59 Å². The van der Waals surface area contributed by atoms with Gasteiger partial charge in [-0.05, 0) is 19.8 Å². The van der Waals surface area contributed by atoms with Crippen LogP contribution >= 0.6 is 11.3 Å². The molecule has 1 aromatic rings. The van der Waals surface area contributed by atoms with Crippen LogP contribution < -0.4 is 5.32 Å². The van der Waals surface area contributed by atoms with Gasteiger partial charge in [-0.3, -0.25) is 9.59 Å². The highest BCUT2D eigenvalue weighted by Crippen LogP contribution is 2.14. The van der Waals surface area contributed by atoms with Crippen molar-refractivity contribution in [1.29, 1.82) is 0 Å². The van der Waals surface area contributed by atoms with E-state index in [2.05, 4.69) is 24.1 Å². The number of carbonyl (C=O) groups excluding carboxylic acids is 2. The zero-order valence-corrected chi connectivity index (χ0v) is 17.5. The summed E-state index contributed by atoms with van der Waals surface area (Å²) in [4.78, 5) is 30.8. The van der Waals surface area contributed by atoms with Gasteiger partial charge >= 0.3 is 0 Å². The molecule has 0 aliphatic rings. The maximum Gasteiger partial charge on any atom is 0.245 e. The van der Waals surface area contributed by atoms with Gasteiger partial charge < -0.3 is 10.2 Å². The van der Waals surface area contributed by atoms with Crippen LogP contribution in [-0.4, -0.2) is 34.8 Å². The van der Waals surface area contributed by atoms with Crippen LogP contribution in [0.3, 0.4) is 0 Å². The lowest BCUT2D eigenvalue weighted by Crippen LogP contribution is -2.38. The van der Waals surface area contributed by atoms with Crippen LogP contribution in [0.4, 0.5) is 5.13 Å². The summed E-state index contributed by atoms with van der Waals surface area (Å²) in [5, 5.41) is 5.31. The van der Waals surface area contributed by atoms with Gasteiger partial charge in [-0.1, -0.05) is 58.8 Å². The summed E-state index contributed by atoms with van der Waals surface area (Å²) >= 11 is 1.41. The van der Waals surface area contributed by atoms with Crippen molar-refractivity contribution in [3.8, 4) is 0 Å². The molecule has 1 heterocycles. The van der Waals surface area contributed by atoms with Gasteiger partial charge in [0.25, 0.3) is 0 Å². The number of amides is 2. The quantitative estimate of drug-likeness (QED) is 0.453. The van der Waals surface area contributed by atoms with E-state index in [1.165, 1.54) is 37.0 Å². The summed E-state index contributed by atoms with van der Waals surface area (Å²) in [6, 6.07) is 0. The summed E-state index contributed by atoms with van der Waals surface area (Å²) in [7, 11) is 0. The first kappa shape index (κ1) is 22.6. The molecule has 0 fully saturated rings. The number of carbonyl (C=O) groups is 2. The average molecular weight is 382 g/mol. The number of thiazole rings is 1. The molecule has 0 saturated carbocycles. The molecule has 0 saturated heterocycles. The van der Waals surface area contributed by atoms with Gasteiger partial charge in [0, 0.05) is 18.3 Å². The first-order valence-corrected chi connectivity index (χ1v) is 10.9. The molecule has 26 heavy (non-hydrogen) atoms. The fourth-order valence-electron chi connectivity index (χ4n) is 2.80. The van der Waals surface area contributed by atoms with Crippen LogP contribution in [0.5, 0.6) is 0 Å². The van der Waals surface area contributed by atoms with Crippen LogP contribution in [0.25, 0.3) is 0 Å². The lowest BCUT2D eigenvalue weighted by atomic mass is 10.1. The molecule has 0 aliphatic carbocycles. The summed E-state index contributed by atoms with van der Waals surface area (Å²) in [5.41, 5.74) is 0.893. The highest BCUT2D eigenvalue weighted by Gasteiger charge is 2.17. The van der Waals surface area contributed by atoms with Gasteiger partial charge in [0.05, 0.1) is 12.2 Å². The lowest BCUT2D eigenvalue weighted by molar-refractivity contribution is -0.134. The van der Waals surface area contributed by atoms with Crippen molar-refractivity contribution in [2.24, 2.45) is 0 Å². The predicted octanol–water partition coefficient (Wildman–Crippen LogP) is 5.16. The van der Waals surface area contributed by atoms with Crippen molar-refractivity contribution in [2.75, 3.05) is 18.4 Å². The Morgan fingerprint density at radius 1 is 1.04 bits per heavy atom. The number of hydrogen-bond donors (Lipinski definition) is 1. The second-order valence-electron chi connectivity index (χ2n) is 6.88. The summed E-state index contributed by atoms with van der Waals surface area (Å²) in [6.07, 6.45) is 10.6. The first-order valence-electron chi connectivity index (χ1n) is 10.1. The monoisotopic (exact) mass is 381 g/mol. The number of unbranched alkanes of at least 4 members (excludes halogenated alkanes) is 7.